The summed E-state index contributed by atoms with van der Waals surface area (Å²) in [5.74, 6) is 1.03. The van der Waals surface area contributed by atoms with Gasteiger partial charge in [0, 0.05) is 38.9 Å². The fraction of sp³-hybridized carbons (Fsp3) is 0.280. The second-order valence-electron chi connectivity index (χ2n) is 7.83. The van der Waals surface area contributed by atoms with Gasteiger partial charge >= 0.3 is 0 Å². The number of anilines is 1. The lowest BCUT2D eigenvalue weighted by Gasteiger charge is -2.33. The topological polar surface area (TPSA) is 48.5 Å². The Balaban J connectivity index is 1.26. The van der Waals surface area contributed by atoms with E-state index in [4.69, 9.17) is 0 Å². The van der Waals surface area contributed by atoms with Crippen LogP contribution in [0.3, 0.4) is 0 Å². The number of carbonyl (C=O) groups excluding carboxylic acids is 1. The van der Waals surface area contributed by atoms with Crippen molar-refractivity contribution >= 4 is 11.7 Å². The zero-order valence-electron chi connectivity index (χ0n) is 17.4. The highest BCUT2D eigenvalue weighted by Crippen LogP contribution is 2.19. The number of hydrogen-bond acceptors (Lipinski definition) is 4. The predicted molar refractivity (Wildman–Crippen MR) is 121 cm³/mol. The maximum Gasteiger partial charge on any atom is 0.224 e. The zero-order valence-corrected chi connectivity index (χ0v) is 17.4. The summed E-state index contributed by atoms with van der Waals surface area (Å²) in [5, 5.41) is 3.00. The molecule has 0 saturated carbocycles. The molecule has 2 aromatic carbocycles. The van der Waals surface area contributed by atoms with Crippen LogP contribution in [-0.2, 0) is 17.8 Å². The first-order chi connectivity index (χ1) is 14.7. The highest BCUT2D eigenvalue weighted by Gasteiger charge is 2.15. The predicted octanol–water partition coefficient (Wildman–Crippen LogP) is 3.36. The van der Waals surface area contributed by atoms with Crippen LogP contribution >= 0.6 is 0 Å². The summed E-state index contributed by atoms with van der Waals surface area (Å²) in [6.07, 6.45) is 2.24. The first kappa shape index (κ1) is 20.1. The van der Waals surface area contributed by atoms with Gasteiger partial charge in [-0.05, 0) is 35.4 Å². The smallest absolute Gasteiger partial charge is 0.224 e. The largest absolute Gasteiger partial charge is 0.354 e. The molecule has 0 spiro atoms. The maximum atomic E-state index is 12.3. The summed E-state index contributed by atoms with van der Waals surface area (Å²) < 4.78 is 0. The number of amides is 1. The minimum Gasteiger partial charge on any atom is -0.354 e. The summed E-state index contributed by atoms with van der Waals surface area (Å²) in [6, 6.07) is 22.5. The third-order valence-corrected chi connectivity index (χ3v) is 5.55. The van der Waals surface area contributed by atoms with Crippen molar-refractivity contribution in [3.05, 3.63) is 84.1 Å². The Hall–Kier alpha value is -3.18. The lowest BCUT2D eigenvalue weighted by Crippen LogP contribution is -2.44. The van der Waals surface area contributed by atoms with Crippen molar-refractivity contribution in [1.29, 1.82) is 0 Å². The summed E-state index contributed by atoms with van der Waals surface area (Å²) in [5.41, 5.74) is 4.36. The third-order valence-electron chi connectivity index (χ3n) is 5.55. The molecule has 3 aromatic rings. The van der Waals surface area contributed by atoms with Crippen molar-refractivity contribution in [2.75, 3.05) is 38.1 Å². The van der Waals surface area contributed by atoms with E-state index in [2.05, 4.69) is 63.5 Å². The molecule has 1 N–H and O–H groups in total. The molecular weight excluding hydrogens is 372 g/mol. The van der Waals surface area contributed by atoms with Gasteiger partial charge in [0.1, 0.15) is 5.82 Å². The van der Waals surface area contributed by atoms with Crippen LogP contribution < -0.4 is 10.2 Å². The Labute approximate surface area is 178 Å². The van der Waals surface area contributed by atoms with E-state index >= 15 is 0 Å². The standard InChI is InChI=1S/C25H28N4O/c1-28-13-15-29(16-14-28)24-12-9-21(18-26-24)19-27-25(30)17-20-7-10-23(11-8-20)22-5-3-2-4-6-22/h2-12,18H,13-17,19H2,1H3,(H,27,30). The molecular formula is C25H28N4O. The molecule has 1 aromatic heterocycles. The SMILES string of the molecule is CN1CCN(c2ccc(CNC(=O)Cc3ccc(-c4ccccc4)cc3)cn2)CC1. The van der Waals surface area contributed by atoms with Crippen LogP contribution in [0.2, 0.25) is 0 Å². The average molecular weight is 401 g/mol. The number of nitrogens with one attached hydrogen (secondary N) is 1. The van der Waals surface area contributed by atoms with Gasteiger partial charge in [-0.15, -0.1) is 0 Å². The molecule has 1 fully saturated rings. The van der Waals surface area contributed by atoms with E-state index in [1.54, 1.807) is 0 Å². The van der Waals surface area contributed by atoms with Crippen LogP contribution in [0, 0.1) is 0 Å². The van der Waals surface area contributed by atoms with Crippen molar-refractivity contribution < 1.29 is 4.79 Å². The fourth-order valence-electron chi connectivity index (χ4n) is 3.64. The lowest BCUT2D eigenvalue weighted by atomic mass is 10.0. The molecule has 5 heteroatoms. The summed E-state index contributed by atoms with van der Waals surface area (Å²) in [6.45, 7) is 4.62. The van der Waals surface area contributed by atoms with Crippen molar-refractivity contribution in [3.8, 4) is 11.1 Å². The number of hydrogen-bond donors (Lipinski definition) is 1. The van der Waals surface area contributed by atoms with Gasteiger partial charge in [0.2, 0.25) is 5.91 Å². The molecule has 1 aliphatic heterocycles. The average Bonchev–Trinajstić information content (AvgIpc) is 2.80. The quantitative estimate of drug-likeness (QED) is 0.689. The van der Waals surface area contributed by atoms with Gasteiger partial charge in [-0.25, -0.2) is 4.98 Å². The van der Waals surface area contributed by atoms with Gasteiger partial charge < -0.3 is 15.1 Å². The van der Waals surface area contributed by atoms with Gasteiger partial charge in [0.05, 0.1) is 6.42 Å². The number of piperazine rings is 1. The van der Waals surface area contributed by atoms with E-state index in [0.717, 1.165) is 48.7 Å². The number of aromatic nitrogens is 1. The second-order valence-corrected chi connectivity index (χ2v) is 7.83. The van der Waals surface area contributed by atoms with Gasteiger partial charge in [0.25, 0.3) is 0 Å². The molecule has 0 bridgehead atoms. The van der Waals surface area contributed by atoms with Gasteiger partial charge in [-0.1, -0.05) is 60.7 Å². The summed E-state index contributed by atoms with van der Waals surface area (Å²) in [4.78, 5) is 21.6. The molecule has 0 atom stereocenters. The number of benzene rings is 2. The van der Waals surface area contributed by atoms with Crippen molar-refractivity contribution in [3.63, 3.8) is 0 Å². The van der Waals surface area contributed by atoms with E-state index in [0.29, 0.717) is 13.0 Å². The summed E-state index contributed by atoms with van der Waals surface area (Å²) in [7, 11) is 2.15. The fourth-order valence-corrected chi connectivity index (χ4v) is 3.64. The Morgan fingerprint density at radius 2 is 1.53 bits per heavy atom. The molecule has 1 amide bonds. The van der Waals surface area contributed by atoms with Crippen LogP contribution in [0.4, 0.5) is 5.82 Å². The van der Waals surface area contributed by atoms with E-state index in [1.807, 2.05) is 36.5 Å². The monoisotopic (exact) mass is 400 g/mol. The number of likely N-dealkylation sites (N-methyl/N-ethyl adjacent to an activating group) is 1. The Morgan fingerprint density at radius 3 is 2.20 bits per heavy atom. The van der Waals surface area contributed by atoms with Crippen LogP contribution in [0.15, 0.2) is 72.9 Å². The van der Waals surface area contributed by atoms with E-state index in [9.17, 15) is 4.79 Å². The Kier molecular flexibility index (Phi) is 6.40. The molecule has 1 aliphatic rings. The van der Waals surface area contributed by atoms with Crippen LogP contribution in [0.5, 0.6) is 0 Å². The molecule has 2 heterocycles. The highest BCUT2D eigenvalue weighted by molar-refractivity contribution is 5.78. The number of rotatable bonds is 6. The molecule has 30 heavy (non-hydrogen) atoms. The zero-order chi connectivity index (χ0) is 20.8. The number of pyridine rings is 1. The number of carbonyl (C=O) groups is 1. The van der Waals surface area contributed by atoms with Crippen LogP contribution in [-0.4, -0.2) is 49.0 Å². The molecule has 0 radical (unpaired) electrons. The second kappa shape index (κ2) is 9.55. The molecule has 0 aliphatic carbocycles. The molecule has 154 valence electrons. The summed E-state index contributed by atoms with van der Waals surface area (Å²) >= 11 is 0. The third kappa shape index (κ3) is 5.24. The van der Waals surface area contributed by atoms with Crippen LogP contribution in [0.1, 0.15) is 11.1 Å². The normalized spacial score (nSPS) is 14.5. The lowest BCUT2D eigenvalue weighted by molar-refractivity contribution is -0.120. The van der Waals surface area contributed by atoms with E-state index in [1.165, 1.54) is 5.56 Å². The van der Waals surface area contributed by atoms with Crippen molar-refractivity contribution in [1.82, 2.24) is 15.2 Å². The highest BCUT2D eigenvalue weighted by atomic mass is 16.1. The minimum atomic E-state index is 0.0191. The Bertz CT molecular complexity index is 947. The van der Waals surface area contributed by atoms with Crippen molar-refractivity contribution in [2.45, 2.75) is 13.0 Å². The van der Waals surface area contributed by atoms with E-state index < -0.39 is 0 Å². The molecule has 5 nitrogen and oxygen atoms in total. The van der Waals surface area contributed by atoms with Gasteiger partial charge in [-0.3, -0.25) is 4.79 Å². The van der Waals surface area contributed by atoms with Gasteiger partial charge in [0.15, 0.2) is 0 Å². The Morgan fingerprint density at radius 1 is 0.867 bits per heavy atom. The molecule has 0 unspecified atom stereocenters. The first-order valence-corrected chi connectivity index (χ1v) is 10.5. The molecule has 4 rings (SSSR count). The first-order valence-electron chi connectivity index (χ1n) is 10.5. The minimum absolute atomic E-state index is 0.0191. The van der Waals surface area contributed by atoms with Crippen molar-refractivity contribution in [2.24, 2.45) is 0 Å². The maximum absolute atomic E-state index is 12.3. The number of nitrogens with zero attached hydrogens (tertiary/aromatic N) is 3. The van der Waals surface area contributed by atoms with Crippen LogP contribution in [0.25, 0.3) is 11.1 Å². The van der Waals surface area contributed by atoms with Gasteiger partial charge in [-0.2, -0.15) is 0 Å². The van der Waals surface area contributed by atoms with E-state index in [-0.39, 0.29) is 5.91 Å². The molecule has 1 saturated heterocycles.